The zero-order valence-electron chi connectivity index (χ0n) is 12.9. The maximum atomic E-state index is 12.1. The lowest BCUT2D eigenvalue weighted by atomic mass is 10.1. The minimum atomic E-state index is -0.596. The van der Waals surface area contributed by atoms with Crippen LogP contribution < -0.4 is 5.32 Å². The molecule has 0 fully saturated rings. The Kier molecular flexibility index (Phi) is 4.96. The molecule has 24 heavy (non-hydrogen) atoms. The number of nitrogens with zero attached hydrogens (tertiary/aromatic N) is 1. The van der Waals surface area contributed by atoms with Gasteiger partial charge >= 0.3 is 6.09 Å². The number of aromatic nitrogens is 1. The number of benzene rings is 2. The third-order valence-electron chi connectivity index (χ3n) is 3.45. The summed E-state index contributed by atoms with van der Waals surface area (Å²) in [5.74, 6) is 0.252. The fourth-order valence-corrected chi connectivity index (χ4v) is 2.49. The van der Waals surface area contributed by atoms with Crippen LogP contribution in [-0.4, -0.2) is 11.1 Å². The van der Waals surface area contributed by atoms with Gasteiger partial charge in [0.15, 0.2) is 6.39 Å². The first-order valence-corrected chi connectivity index (χ1v) is 8.15. The molecule has 0 aliphatic rings. The third kappa shape index (κ3) is 3.83. The number of nitrogens with one attached hydrogen (secondary N) is 1. The van der Waals surface area contributed by atoms with Gasteiger partial charge in [0.1, 0.15) is 11.8 Å². The number of rotatable bonds is 4. The van der Waals surface area contributed by atoms with Crippen molar-refractivity contribution in [3.8, 4) is 11.3 Å². The Morgan fingerprint density at radius 2 is 1.88 bits per heavy atom. The van der Waals surface area contributed by atoms with Crippen LogP contribution in [0.1, 0.15) is 18.6 Å². The molecule has 0 saturated carbocycles. The molecule has 3 rings (SSSR count). The molecule has 2 aromatic carbocycles. The van der Waals surface area contributed by atoms with E-state index in [4.69, 9.17) is 9.15 Å². The number of hydrogen-bond acceptors (Lipinski definition) is 4. The second-order valence-electron chi connectivity index (χ2n) is 5.12. The molecule has 0 radical (unpaired) electrons. The molecule has 0 saturated heterocycles. The molecule has 1 heterocycles. The Bertz CT molecular complexity index is 816. The van der Waals surface area contributed by atoms with Gasteiger partial charge in [-0.2, -0.15) is 0 Å². The Hall–Kier alpha value is -2.60. The molecule has 3 aromatic rings. The average molecular weight is 387 g/mol. The molecule has 122 valence electrons. The molecular weight excluding hydrogens is 372 g/mol. The summed E-state index contributed by atoms with van der Waals surface area (Å²) in [4.78, 5) is 16.3. The van der Waals surface area contributed by atoms with Gasteiger partial charge < -0.3 is 9.15 Å². The maximum absolute atomic E-state index is 12.1. The number of carbonyl (C=O) groups is 1. The molecule has 0 aliphatic heterocycles. The minimum Gasteiger partial charge on any atom is -0.441 e. The molecule has 6 heteroatoms. The fourth-order valence-electron chi connectivity index (χ4n) is 2.22. The van der Waals surface area contributed by atoms with Gasteiger partial charge in [0, 0.05) is 10.0 Å². The zero-order valence-corrected chi connectivity index (χ0v) is 14.5. The van der Waals surface area contributed by atoms with Crippen molar-refractivity contribution in [1.29, 1.82) is 0 Å². The topological polar surface area (TPSA) is 64.4 Å². The lowest BCUT2D eigenvalue weighted by Gasteiger charge is -2.13. The molecule has 0 unspecified atom stereocenters. The zero-order chi connectivity index (χ0) is 16.9. The van der Waals surface area contributed by atoms with E-state index < -0.39 is 6.09 Å². The number of carbonyl (C=O) groups excluding carboxylic acids is 1. The summed E-state index contributed by atoms with van der Waals surface area (Å²) in [5, 5.41) is 2.60. The number of ether oxygens (including phenoxy) is 1. The van der Waals surface area contributed by atoms with E-state index in [0.29, 0.717) is 5.69 Å². The summed E-state index contributed by atoms with van der Waals surface area (Å²) < 4.78 is 11.6. The van der Waals surface area contributed by atoms with Gasteiger partial charge in [-0.15, -0.1) is 0 Å². The van der Waals surface area contributed by atoms with Crippen molar-refractivity contribution in [2.75, 3.05) is 5.32 Å². The SMILES string of the molecule is C[C@@H](OC(=O)Nc1ocnc1-c1ccc(Br)cc1)c1ccccc1. The number of anilines is 1. The third-order valence-corrected chi connectivity index (χ3v) is 3.98. The maximum Gasteiger partial charge on any atom is 0.414 e. The van der Waals surface area contributed by atoms with Crippen LogP contribution in [0.25, 0.3) is 11.3 Å². The van der Waals surface area contributed by atoms with Gasteiger partial charge in [-0.25, -0.2) is 9.78 Å². The van der Waals surface area contributed by atoms with Gasteiger partial charge in [0.05, 0.1) is 0 Å². The summed E-state index contributed by atoms with van der Waals surface area (Å²) in [5.41, 5.74) is 2.29. The van der Waals surface area contributed by atoms with Crippen molar-refractivity contribution >= 4 is 27.9 Å². The number of hydrogen-bond donors (Lipinski definition) is 1. The van der Waals surface area contributed by atoms with Crippen LogP contribution in [0.3, 0.4) is 0 Å². The van der Waals surface area contributed by atoms with E-state index in [1.54, 1.807) is 0 Å². The minimum absolute atomic E-state index is 0.252. The quantitative estimate of drug-likeness (QED) is 0.650. The number of amides is 1. The van der Waals surface area contributed by atoms with Gasteiger partial charge in [-0.3, -0.25) is 5.32 Å². The second kappa shape index (κ2) is 7.31. The van der Waals surface area contributed by atoms with E-state index in [2.05, 4.69) is 26.2 Å². The molecule has 1 N–H and O–H groups in total. The monoisotopic (exact) mass is 386 g/mol. The van der Waals surface area contributed by atoms with E-state index in [9.17, 15) is 4.79 Å². The van der Waals surface area contributed by atoms with Crippen LogP contribution in [0.5, 0.6) is 0 Å². The first-order chi connectivity index (χ1) is 11.6. The highest BCUT2D eigenvalue weighted by Gasteiger charge is 2.17. The van der Waals surface area contributed by atoms with E-state index in [1.807, 2.05) is 61.5 Å². The molecule has 0 spiro atoms. The Balaban J connectivity index is 1.69. The van der Waals surface area contributed by atoms with Crippen molar-refractivity contribution in [2.45, 2.75) is 13.0 Å². The lowest BCUT2D eigenvalue weighted by molar-refractivity contribution is 0.120. The molecule has 1 aromatic heterocycles. The van der Waals surface area contributed by atoms with Crippen molar-refractivity contribution in [1.82, 2.24) is 4.98 Å². The van der Waals surface area contributed by atoms with Gasteiger partial charge in [-0.1, -0.05) is 58.4 Å². The summed E-state index contributed by atoms with van der Waals surface area (Å²) in [7, 11) is 0. The Labute approximate surface area is 147 Å². The molecular formula is C18H15BrN2O3. The lowest BCUT2D eigenvalue weighted by Crippen LogP contribution is -2.16. The Morgan fingerprint density at radius 1 is 1.17 bits per heavy atom. The second-order valence-corrected chi connectivity index (χ2v) is 6.04. The smallest absolute Gasteiger partial charge is 0.414 e. The average Bonchev–Trinajstić information content (AvgIpc) is 3.04. The van der Waals surface area contributed by atoms with Crippen LogP contribution in [0.2, 0.25) is 0 Å². The van der Waals surface area contributed by atoms with Gasteiger partial charge in [-0.05, 0) is 24.6 Å². The number of halogens is 1. The Morgan fingerprint density at radius 3 is 2.58 bits per heavy atom. The standard InChI is InChI=1S/C18H15BrN2O3/c1-12(13-5-3-2-4-6-13)24-18(22)21-17-16(20-11-23-17)14-7-9-15(19)10-8-14/h2-12H,1H3,(H,21,22)/t12-/m1/s1. The molecule has 1 atom stereocenters. The highest BCUT2D eigenvalue weighted by atomic mass is 79.9. The molecule has 0 bridgehead atoms. The van der Waals surface area contributed by atoms with Crippen molar-refractivity contribution in [3.63, 3.8) is 0 Å². The van der Waals surface area contributed by atoms with Crippen LogP contribution in [0.4, 0.5) is 10.7 Å². The van der Waals surface area contributed by atoms with E-state index in [0.717, 1.165) is 15.6 Å². The van der Waals surface area contributed by atoms with Crippen LogP contribution in [-0.2, 0) is 4.74 Å². The highest BCUT2D eigenvalue weighted by molar-refractivity contribution is 9.10. The van der Waals surface area contributed by atoms with E-state index in [1.165, 1.54) is 6.39 Å². The first-order valence-electron chi connectivity index (χ1n) is 7.35. The fraction of sp³-hybridized carbons (Fsp3) is 0.111. The van der Waals surface area contributed by atoms with Crippen LogP contribution >= 0.6 is 15.9 Å². The highest BCUT2D eigenvalue weighted by Crippen LogP contribution is 2.28. The first kappa shape index (κ1) is 16.3. The normalized spacial score (nSPS) is 11.8. The van der Waals surface area contributed by atoms with Gasteiger partial charge in [0.2, 0.25) is 5.88 Å². The van der Waals surface area contributed by atoms with E-state index in [-0.39, 0.29) is 12.0 Å². The van der Waals surface area contributed by atoms with E-state index >= 15 is 0 Å². The summed E-state index contributed by atoms with van der Waals surface area (Å²) in [6.07, 6.45) is 0.319. The predicted molar refractivity (Wildman–Crippen MR) is 94.6 cm³/mol. The van der Waals surface area contributed by atoms with Crippen molar-refractivity contribution in [3.05, 3.63) is 71.0 Å². The largest absolute Gasteiger partial charge is 0.441 e. The van der Waals surface area contributed by atoms with Gasteiger partial charge in [0.25, 0.3) is 0 Å². The van der Waals surface area contributed by atoms with Crippen LogP contribution in [0.15, 0.2) is 69.9 Å². The number of oxazole rings is 1. The summed E-state index contributed by atoms with van der Waals surface area (Å²) in [6, 6.07) is 17.1. The summed E-state index contributed by atoms with van der Waals surface area (Å²) >= 11 is 3.38. The molecule has 5 nitrogen and oxygen atoms in total. The van der Waals surface area contributed by atoms with Crippen LogP contribution in [0, 0.1) is 0 Å². The summed E-state index contributed by atoms with van der Waals surface area (Å²) in [6.45, 7) is 1.81. The molecule has 0 aliphatic carbocycles. The van der Waals surface area contributed by atoms with Crippen molar-refractivity contribution in [2.24, 2.45) is 0 Å². The van der Waals surface area contributed by atoms with Crippen molar-refractivity contribution < 1.29 is 13.9 Å². The molecule has 1 amide bonds. The predicted octanol–water partition coefficient (Wildman–Crippen LogP) is 5.41.